The number of fused-ring (bicyclic) bond motifs is 1. The summed E-state index contributed by atoms with van der Waals surface area (Å²) in [6.45, 7) is 0.999. The molecule has 1 saturated heterocycles. The molecule has 0 unspecified atom stereocenters. The number of hydrogen-bond donors (Lipinski definition) is 0. The molecule has 1 saturated carbocycles. The third-order valence-corrected chi connectivity index (χ3v) is 8.76. The number of carbonyl (C=O) groups excluding carboxylic acids is 1. The van der Waals surface area contributed by atoms with Crippen LogP contribution in [0.25, 0.3) is 0 Å². The highest BCUT2D eigenvalue weighted by Crippen LogP contribution is 2.74. The first-order chi connectivity index (χ1) is 14.0. The lowest BCUT2D eigenvalue weighted by molar-refractivity contribution is -0.221. The highest BCUT2D eigenvalue weighted by Gasteiger charge is 2.80. The maximum atomic E-state index is 12.9. The molecule has 4 aliphatic carbocycles. The molecule has 1 aromatic carbocycles. The topological polar surface area (TPSA) is 57.2 Å². The third-order valence-electron chi connectivity index (χ3n) is 8.76. The maximum Gasteiger partial charge on any atom is 0.312 e. The van der Waals surface area contributed by atoms with Crippen LogP contribution in [0.5, 0.6) is 11.5 Å². The van der Waals surface area contributed by atoms with E-state index in [1.54, 1.807) is 14.2 Å². The standard InChI is InChI=1S/C23H27NO5/c1-24-10-9-22-17-13-5-6-15(26-2)18(17)29-20(22)23(28-4)8-7-21(22,16(24)11-13)12-14(23)19(25)27-3/h5-8,14,16,20H,9-12H2,1-4H3/t14-,16+,20+,21+,22-,23+/m0/s1. The van der Waals surface area contributed by atoms with E-state index in [1.807, 2.05) is 6.07 Å². The van der Waals surface area contributed by atoms with Gasteiger partial charge in [0.25, 0.3) is 0 Å². The van der Waals surface area contributed by atoms with Crippen LogP contribution in [0.2, 0.25) is 0 Å². The first-order valence-electron chi connectivity index (χ1n) is 10.4. The van der Waals surface area contributed by atoms with Crippen molar-refractivity contribution in [2.24, 2.45) is 11.3 Å². The van der Waals surface area contributed by atoms with Crippen molar-refractivity contribution in [2.75, 3.05) is 34.9 Å². The average Bonchev–Trinajstić information content (AvgIpc) is 3.12. The number of ether oxygens (including phenoxy) is 4. The van der Waals surface area contributed by atoms with Crippen LogP contribution in [-0.2, 0) is 26.1 Å². The van der Waals surface area contributed by atoms with Gasteiger partial charge in [0.2, 0.25) is 0 Å². The van der Waals surface area contributed by atoms with Crippen molar-refractivity contribution < 1.29 is 23.7 Å². The molecule has 4 bridgehead atoms. The maximum absolute atomic E-state index is 12.9. The fourth-order valence-corrected chi connectivity index (χ4v) is 7.61. The summed E-state index contributed by atoms with van der Waals surface area (Å²) in [5, 5.41) is 0. The molecule has 29 heavy (non-hydrogen) atoms. The number of rotatable bonds is 3. The molecule has 0 N–H and O–H groups in total. The van der Waals surface area contributed by atoms with E-state index in [-0.39, 0.29) is 22.9 Å². The van der Waals surface area contributed by atoms with E-state index in [0.29, 0.717) is 6.04 Å². The number of likely N-dealkylation sites (N-methyl/N-ethyl adjacent to an activating group) is 1. The lowest BCUT2D eigenvalue weighted by atomic mass is 9.37. The summed E-state index contributed by atoms with van der Waals surface area (Å²) in [5.74, 6) is 0.998. The van der Waals surface area contributed by atoms with Gasteiger partial charge in [-0.05, 0) is 44.5 Å². The summed E-state index contributed by atoms with van der Waals surface area (Å²) in [6, 6.07) is 4.53. The van der Waals surface area contributed by atoms with Gasteiger partial charge in [0, 0.05) is 24.1 Å². The number of benzene rings is 1. The molecule has 0 aromatic heterocycles. The first kappa shape index (κ1) is 17.8. The lowest BCUT2D eigenvalue weighted by Crippen LogP contribution is -2.79. The molecular weight excluding hydrogens is 370 g/mol. The van der Waals surface area contributed by atoms with Crippen LogP contribution >= 0.6 is 0 Å². The fraction of sp³-hybridized carbons (Fsp3) is 0.609. The van der Waals surface area contributed by atoms with Crippen molar-refractivity contribution in [3.05, 3.63) is 35.4 Å². The Labute approximate surface area is 170 Å². The molecular formula is C23H27NO5. The Kier molecular flexibility index (Phi) is 3.28. The molecule has 0 radical (unpaired) electrons. The van der Waals surface area contributed by atoms with Crippen LogP contribution in [-0.4, -0.2) is 63.5 Å². The fourth-order valence-electron chi connectivity index (χ4n) is 7.61. The van der Waals surface area contributed by atoms with Crippen molar-refractivity contribution in [1.82, 2.24) is 4.90 Å². The van der Waals surface area contributed by atoms with Gasteiger partial charge in [-0.3, -0.25) is 4.79 Å². The van der Waals surface area contributed by atoms with Crippen LogP contribution in [0.3, 0.4) is 0 Å². The van der Waals surface area contributed by atoms with Gasteiger partial charge in [0.15, 0.2) is 11.5 Å². The Bertz CT molecular complexity index is 959. The smallest absolute Gasteiger partial charge is 0.312 e. The summed E-state index contributed by atoms with van der Waals surface area (Å²) in [5.41, 5.74) is 1.40. The first-order valence-corrected chi connectivity index (χ1v) is 10.4. The second kappa shape index (κ2) is 5.35. The number of hydrogen-bond acceptors (Lipinski definition) is 6. The lowest BCUT2D eigenvalue weighted by Gasteiger charge is -2.70. The van der Waals surface area contributed by atoms with E-state index < -0.39 is 11.5 Å². The van der Waals surface area contributed by atoms with Crippen LogP contribution in [0.1, 0.15) is 24.0 Å². The number of carbonyl (C=O) groups is 1. The molecule has 2 fully saturated rings. The van der Waals surface area contributed by atoms with Crippen molar-refractivity contribution in [3.8, 4) is 11.5 Å². The number of nitrogens with zero attached hydrogens (tertiary/aromatic N) is 1. The SMILES string of the molecule is COC(=O)[C@@H]1C[C@@]23C=C[C@]1(OC)[C@@H]1Oc4c(OC)ccc5c4[C@@]12CCN(C)[C@@H]3C5. The molecule has 6 heteroatoms. The van der Waals surface area contributed by atoms with E-state index in [2.05, 4.69) is 30.2 Å². The minimum absolute atomic E-state index is 0.186. The second-order valence-electron chi connectivity index (χ2n) is 9.26. The van der Waals surface area contributed by atoms with Gasteiger partial charge in [-0.2, -0.15) is 0 Å². The Morgan fingerprint density at radius 1 is 1.24 bits per heavy atom. The molecule has 2 aliphatic heterocycles. The molecule has 154 valence electrons. The van der Waals surface area contributed by atoms with Crippen LogP contribution in [0, 0.1) is 11.3 Å². The van der Waals surface area contributed by atoms with Crippen molar-refractivity contribution in [3.63, 3.8) is 0 Å². The normalized spacial score (nSPS) is 43.0. The van der Waals surface area contributed by atoms with E-state index in [0.717, 1.165) is 37.3 Å². The Morgan fingerprint density at radius 2 is 2.07 bits per heavy atom. The quantitative estimate of drug-likeness (QED) is 0.575. The number of methoxy groups -OCH3 is 3. The molecule has 7 rings (SSSR count). The largest absolute Gasteiger partial charge is 0.493 e. The molecule has 6 nitrogen and oxygen atoms in total. The predicted octanol–water partition coefficient (Wildman–Crippen LogP) is 2.09. The summed E-state index contributed by atoms with van der Waals surface area (Å²) in [4.78, 5) is 15.4. The zero-order valence-corrected chi connectivity index (χ0v) is 17.4. The molecule has 2 heterocycles. The summed E-state index contributed by atoms with van der Waals surface area (Å²) in [6.07, 6.45) is 6.82. The van der Waals surface area contributed by atoms with Crippen LogP contribution in [0.4, 0.5) is 0 Å². The minimum Gasteiger partial charge on any atom is -0.493 e. The zero-order chi connectivity index (χ0) is 20.2. The van der Waals surface area contributed by atoms with Crippen LogP contribution in [0.15, 0.2) is 24.3 Å². The molecule has 6 aliphatic rings. The average molecular weight is 397 g/mol. The van der Waals surface area contributed by atoms with E-state index >= 15 is 0 Å². The highest BCUT2D eigenvalue weighted by molar-refractivity contribution is 5.78. The summed E-state index contributed by atoms with van der Waals surface area (Å²) in [7, 11) is 7.05. The highest BCUT2D eigenvalue weighted by atomic mass is 16.6. The Balaban J connectivity index is 1.69. The molecule has 1 aromatic rings. The van der Waals surface area contributed by atoms with Gasteiger partial charge in [0.05, 0.1) is 25.6 Å². The minimum atomic E-state index is -0.839. The molecule has 0 amide bonds. The number of esters is 1. The van der Waals surface area contributed by atoms with E-state index in [4.69, 9.17) is 18.9 Å². The van der Waals surface area contributed by atoms with Crippen LogP contribution < -0.4 is 9.47 Å². The van der Waals surface area contributed by atoms with Crippen molar-refractivity contribution >= 4 is 5.97 Å². The van der Waals surface area contributed by atoms with Gasteiger partial charge in [-0.1, -0.05) is 18.2 Å². The Morgan fingerprint density at radius 3 is 2.79 bits per heavy atom. The third kappa shape index (κ3) is 1.65. The number of piperidine rings is 1. The molecule has 2 spiro atoms. The van der Waals surface area contributed by atoms with Gasteiger partial charge in [0.1, 0.15) is 11.7 Å². The van der Waals surface area contributed by atoms with Crippen molar-refractivity contribution in [1.29, 1.82) is 0 Å². The number of likely N-dealkylation sites (tertiary alicyclic amines) is 1. The Hall–Kier alpha value is -2.05. The van der Waals surface area contributed by atoms with Gasteiger partial charge >= 0.3 is 5.97 Å². The van der Waals surface area contributed by atoms with E-state index in [1.165, 1.54) is 18.2 Å². The zero-order valence-electron chi connectivity index (χ0n) is 17.4. The van der Waals surface area contributed by atoms with Gasteiger partial charge in [-0.25, -0.2) is 0 Å². The molecule has 6 atom stereocenters. The van der Waals surface area contributed by atoms with Gasteiger partial charge < -0.3 is 23.8 Å². The summed E-state index contributed by atoms with van der Waals surface area (Å²) >= 11 is 0. The predicted molar refractivity (Wildman–Crippen MR) is 105 cm³/mol. The van der Waals surface area contributed by atoms with E-state index in [9.17, 15) is 4.79 Å². The second-order valence-corrected chi connectivity index (χ2v) is 9.26. The van der Waals surface area contributed by atoms with Gasteiger partial charge in [-0.15, -0.1) is 0 Å². The monoisotopic (exact) mass is 397 g/mol. The summed E-state index contributed by atoms with van der Waals surface area (Å²) < 4.78 is 23.9. The van der Waals surface area contributed by atoms with Crippen molar-refractivity contribution in [2.45, 2.75) is 42.4 Å².